The lowest BCUT2D eigenvalue weighted by molar-refractivity contribution is 0.416. The predicted molar refractivity (Wildman–Crippen MR) is 105 cm³/mol. The van der Waals surface area contributed by atoms with Crippen LogP contribution >= 0.6 is 15.9 Å². The first-order valence-electron chi connectivity index (χ1n) is 8.51. The fourth-order valence-corrected chi connectivity index (χ4v) is 3.57. The van der Waals surface area contributed by atoms with Crippen molar-refractivity contribution in [3.63, 3.8) is 0 Å². The van der Waals surface area contributed by atoms with E-state index >= 15 is 0 Å². The Bertz CT molecular complexity index is 924. The topological polar surface area (TPSA) is 47.0 Å². The summed E-state index contributed by atoms with van der Waals surface area (Å²) in [7, 11) is 1.69. The molecule has 0 spiro atoms. The summed E-state index contributed by atoms with van der Waals surface area (Å²) in [5.41, 5.74) is 4.03. The molecule has 1 aliphatic carbocycles. The zero-order chi connectivity index (χ0) is 17.4. The number of nitrogens with zero attached hydrogens (tertiary/aromatic N) is 2. The molecule has 0 aliphatic heterocycles. The molecule has 1 aromatic heterocycles. The molecular weight excluding hydrogens is 378 g/mol. The van der Waals surface area contributed by atoms with E-state index in [4.69, 9.17) is 4.74 Å². The number of hydrogen-bond acceptors (Lipinski definition) is 4. The maximum Gasteiger partial charge on any atom is 0.126 e. The molecule has 128 valence electrons. The number of benzene rings is 2. The smallest absolute Gasteiger partial charge is 0.126 e. The average molecular weight is 398 g/mol. The highest BCUT2D eigenvalue weighted by Gasteiger charge is 2.28. The number of hydrogen-bond donors (Lipinski definition) is 1. The predicted octanol–water partition coefficient (Wildman–Crippen LogP) is 5.28. The summed E-state index contributed by atoms with van der Waals surface area (Å²) in [5.74, 6) is 1.63. The van der Waals surface area contributed by atoms with E-state index < -0.39 is 0 Å². The van der Waals surface area contributed by atoms with E-state index in [1.54, 1.807) is 7.11 Å². The summed E-state index contributed by atoms with van der Waals surface area (Å²) in [5, 5.41) is 13.2. The molecule has 5 heteroatoms. The number of ether oxygens (including phenoxy) is 1. The summed E-state index contributed by atoms with van der Waals surface area (Å²) < 4.78 is 6.52. The zero-order valence-electron chi connectivity index (χ0n) is 14.3. The molecule has 0 unspecified atom stereocenters. The van der Waals surface area contributed by atoms with Crippen LogP contribution in [0, 0.1) is 5.92 Å². The van der Waals surface area contributed by atoms with Crippen LogP contribution in [0.3, 0.4) is 0 Å². The monoisotopic (exact) mass is 397 g/mol. The third-order valence-electron chi connectivity index (χ3n) is 4.83. The second-order valence-corrected chi connectivity index (χ2v) is 7.52. The second kappa shape index (κ2) is 6.64. The van der Waals surface area contributed by atoms with Gasteiger partial charge < -0.3 is 10.1 Å². The maximum atomic E-state index is 5.51. The zero-order valence-corrected chi connectivity index (χ0v) is 15.9. The number of rotatable bonds is 5. The lowest BCUT2D eigenvalue weighted by Crippen LogP contribution is -2.17. The average Bonchev–Trinajstić information content (AvgIpc) is 3.46. The Balaban J connectivity index is 1.75. The number of anilines is 1. The minimum absolute atomic E-state index is 0.470. The van der Waals surface area contributed by atoms with Gasteiger partial charge in [0, 0.05) is 21.5 Å². The molecule has 0 saturated heterocycles. The van der Waals surface area contributed by atoms with Crippen molar-refractivity contribution >= 4 is 32.5 Å². The third kappa shape index (κ3) is 3.33. The van der Waals surface area contributed by atoms with Crippen molar-refractivity contribution in [2.24, 2.45) is 5.92 Å². The van der Waals surface area contributed by atoms with Crippen molar-refractivity contribution in [3.05, 3.63) is 47.1 Å². The normalized spacial score (nSPS) is 15.2. The van der Waals surface area contributed by atoms with Gasteiger partial charge in [0.05, 0.1) is 24.5 Å². The van der Waals surface area contributed by atoms with Crippen LogP contribution in [0.25, 0.3) is 22.0 Å². The Morgan fingerprint density at radius 1 is 1.20 bits per heavy atom. The molecule has 4 nitrogen and oxygen atoms in total. The number of fused-ring (bicyclic) bond motifs is 1. The van der Waals surface area contributed by atoms with Crippen LogP contribution in [-0.2, 0) is 0 Å². The first-order valence-corrected chi connectivity index (χ1v) is 9.31. The molecule has 1 fully saturated rings. The van der Waals surface area contributed by atoms with Gasteiger partial charge in [-0.15, -0.1) is 0 Å². The third-order valence-corrected chi connectivity index (χ3v) is 5.32. The molecule has 2 aromatic carbocycles. The summed E-state index contributed by atoms with van der Waals surface area (Å²) in [6, 6.07) is 12.8. The summed E-state index contributed by atoms with van der Waals surface area (Å²) in [6.45, 7) is 2.24. The molecule has 0 bridgehead atoms. The van der Waals surface area contributed by atoms with E-state index in [-0.39, 0.29) is 0 Å². The largest absolute Gasteiger partial charge is 0.496 e. The molecule has 1 N–H and O–H groups in total. The minimum Gasteiger partial charge on any atom is -0.496 e. The minimum atomic E-state index is 0.470. The highest BCUT2D eigenvalue weighted by atomic mass is 79.9. The fourth-order valence-electron chi connectivity index (χ4n) is 3.21. The molecule has 1 aliphatic rings. The van der Waals surface area contributed by atoms with Crippen LogP contribution in [0.4, 0.5) is 5.69 Å². The first-order chi connectivity index (χ1) is 12.2. The van der Waals surface area contributed by atoms with E-state index in [2.05, 4.69) is 62.6 Å². The van der Waals surface area contributed by atoms with Crippen LogP contribution in [0.1, 0.15) is 19.8 Å². The number of halogens is 1. The van der Waals surface area contributed by atoms with Crippen LogP contribution in [0.2, 0.25) is 0 Å². The van der Waals surface area contributed by atoms with Gasteiger partial charge in [-0.25, -0.2) is 0 Å². The lowest BCUT2D eigenvalue weighted by Gasteiger charge is -2.16. The van der Waals surface area contributed by atoms with Gasteiger partial charge in [0.2, 0.25) is 0 Å². The molecule has 0 radical (unpaired) electrons. The van der Waals surface area contributed by atoms with Gasteiger partial charge in [0.25, 0.3) is 0 Å². The first kappa shape index (κ1) is 16.3. The Hall–Kier alpha value is -2.14. The van der Waals surface area contributed by atoms with Crippen molar-refractivity contribution in [1.82, 2.24) is 10.2 Å². The highest BCUT2D eigenvalue weighted by molar-refractivity contribution is 9.10. The van der Waals surface area contributed by atoms with Crippen molar-refractivity contribution in [2.45, 2.75) is 25.8 Å². The Morgan fingerprint density at radius 2 is 2.04 bits per heavy atom. The molecule has 1 saturated carbocycles. The molecule has 1 heterocycles. The van der Waals surface area contributed by atoms with E-state index in [0.717, 1.165) is 43.9 Å². The molecule has 4 rings (SSSR count). The van der Waals surface area contributed by atoms with Crippen LogP contribution in [0.5, 0.6) is 5.75 Å². The number of methoxy groups -OCH3 is 1. The quantitative estimate of drug-likeness (QED) is 0.636. The van der Waals surface area contributed by atoms with Gasteiger partial charge in [0.15, 0.2) is 0 Å². The van der Waals surface area contributed by atoms with Gasteiger partial charge in [-0.05, 0) is 61.6 Å². The van der Waals surface area contributed by atoms with Gasteiger partial charge in [-0.1, -0.05) is 22.0 Å². The molecule has 0 amide bonds. The summed E-state index contributed by atoms with van der Waals surface area (Å²) in [6.07, 6.45) is 4.45. The Labute approximate surface area is 155 Å². The fraction of sp³-hybridized carbons (Fsp3) is 0.300. The van der Waals surface area contributed by atoms with Gasteiger partial charge in [-0.3, -0.25) is 0 Å². The van der Waals surface area contributed by atoms with E-state index in [9.17, 15) is 0 Å². The van der Waals surface area contributed by atoms with Crippen LogP contribution in [0.15, 0.2) is 47.1 Å². The SMILES string of the molecule is COc1ccc(Br)cc1-c1ccc2c(N[C@H](C)C3CC3)cnnc2c1. The van der Waals surface area contributed by atoms with Gasteiger partial charge in [-0.2, -0.15) is 10.2 Å². The van der Waals surface area contributed by atoms with E-state index in [1.165, 1.54) is 12.8 Å². The molecule has 3 aromatic rings. The highest BCUT2D eigenvalue weighted by Crippen LogP contribution is 2.37. The van der Waals surface area contributed by atoms with Crippen molar-refractivity contribution in [1.29, 1.82) is 0 Å². The standard InChI is InChI=1S/C20H20BrN3O/c1-12(13-3-4-13)23-19-11-22-24-18-9-14(5-7-16(18)19)17-10-15(21)6-8-20(17)25-2/h5-13H,3-4H2,1-2H3,(H,23,24)/t12-/m1/s1. The Morgan fingerprint density at radius 3 is 2.80 bits per heavy atom. The Kier molecular flexibility index (Phi) is 4.34. The van der Waals surface area contributed by atoms with Crippen molar-refractivity contribution < 1.29 is 4.74 Å². The number of nitrogens with one attached hydrogen (secondary N) is 1. The summed E-state index contributed by atoms with van der Waals surface area (Å²) >= 11 is 3.54. The molecular formula is C20H20BrN3O. The van der Waals surface area contributed by atoms with E-state index in [0.29, 0.717) is 6.04 Å². The van der Waals surface area contributed by atoms with Crippen molar-refractivity contribution in [3.8, 4) is 16.9 Å². The molecule has 1 atom stereocenters. The van der Waals surface area contributed by atoms with E-state index in [1.807, 2.05) is 18.3 Å². The number of aromatic nitrogens is 2. The summed E-state index contributed by atoms with van der Waals surface area (Å²) in [4.78, 5) is 0. The van der Waals surface area contributed by atoms with Crippen molar-refractivity contribution in [2.75, 3.05) is 12.4 Å². The second-order valence-electron chi connectivity index (χ2n) is 6.61. The van der Waals surface area contributed by atoms with Crippen LogP contribution < -0.4 is 10.1 Å². The van der Waals surface area contributed by atoms with Gasteiger partial charge in [0.1, 0.15) is 5.75 Å². The molecule has 25 heavy (non-hydrogen) atoms. The van der Waals surface area contributed by atoms with Crippen LogP contribution in [-0.4, -0.2) is 23.3 Å². The lowest BCUT2D eigenvalue weighted by atomic mass is 10.0. The maximum absolute atomic E-state index is 5.51. The van der Waals surface area contributed by atoms with Gasteiger partial charge >= 0.3 is 0 Å².